The van der Waals surface area contributed by atoms with Gasteiger partial charge in [-0.15, -0.1) is 0 Å². The summed E-state index contributed by atoms with van der Waals surface area (Å²) < 4.78 is 33.0. The SMILES string of the molecule is CC/C=C\C/C=C\C/C=C\C/C=C\CCCCCCCCCCCCCCCCCCCCCCCCCCCCCCC(=O)OC(COC(=O)CCCCCCCCCCCCCC)COP(=O)(O)OCCN. The number of phosphoric acid groups is 1. The second-order valence-electron chi connectivity index (χ2n) is 21.3. The van der Waals surface area contributed by atoms with Crippen LogP contribution in [0.25, 0.3) is 0 Å². The van der Waals surface area contributed by atoms with E-state index in [1.807, 2.05) is 0 Å². The second-order valence-corrected chi connectivity index (χ2v) is 22.7. The number of nitrogens with two attached hydrogens (primary N) is 1. The zero-order valence-electron chi connectivity index (χ0n) is 48.6. The monoisotopic (exact) mass is 1060 g/mol. The van der Waals surface area contributed by atoms with E-state index >= 15 is 0 Å². The highest BCUT2D eigenvalue weighted by atomic mass is 31.2. The Morgan fingerprint density at radius 3 is 1.11 bits per heavy atom. The smallest absolute Gasteiger partial charge is 0.462 e. The van der Waals surface area contributed by atoms with Crippen molar-refractivity contribution in [3.8, 4) is 0 Å². The lowest BCUT2D eigenvalue weighted by Crippen LogP contribution is -2.29. The Hall–Kier alpha value is -2.03. The first-order valence-electron chi connectivity index (χ1n) is 31.6. The summed E-state index contributed by atoms with van der Waals surface area (Å²) in [5, 5.41) is 0. The van der Waals surface area contributed by atoms with E-state index in [9.17, 15) is 19.0 Å². The van der Waals surface area contributed by atoms with Crippen molar-refractivity contribution in [3.05, 3.63) is 48.6 Å². The van der Waals surface area contributed by atoms with E-state index in [2.05, 4.69) is 62.5 Å². The summed E-state index contributed by atoms with van der Waals surface area (Å²) in [6.45, 7) is 3.67. The maximum atomic E-state index is 12.7. The molecule has 10 heteroatoms. The molecule has 0 aromatic carbocycles. The quantitative estimate of drug-likeness (QED) is 0.0264. The Morgan fingerprint density at radius 1 is 0.419 bits per heavy atom. The van der Waals surface area contributed by atoms with Crippen LogP contribution in [0.4, 0.5) is 0 Å². The first-order chi connectivity index (χ1) is 36.3. The molecule has 0 aliphatic heterocycles. The first kappa shape index (κ1) is 72.0. The van der Waals surface area contributed by atoms with Crippen LogP contribution in [0.3, 0.4) is 0 Å². The predicted molar refractivity (Wildman–Crippen MR) is 317 cm³/mol. The molecule has 74 heavy (non-hydrogen) atoms. The lowest BCUT2D eigenvalue weighted by molar-refractivity contribution is -0.161. The third kappa shape index (κ3) is 59.2. The lowest BCUT2D eigenvalue weighted by Gasteiger charge is -2.19. The van der Waals surface area contributed by atoms with E-state index in [1.54, 1.807) is 0 Å². The molecule has 0 saturated carbocycles. The van der Waals surface area contributed by atoms with Gasteiger partial charge in [-0.1, -0.05) is 300 Å². The van der Waals surface area contributed by atoms with E-state index in [4.69, 9.17) is 24.3 Å². The number of hydrogen-bond donors (Lipinski definition) is 2. The zero-order chi connectivity index (χ0) is 53.8. The molecule has 2 unspecified atom stereocenters. The van der Waals surface area contributed by atoms with Gasteiger partial charge in [0.05, 0.1) is 13.2 Å². The molecule has 0 rings (SSSR count). The van der Waals surface area contributed by atoms with Gasteiger partial charge in [0.2, 0.25) is 0 Å². The van der Waals surface area contributed by atoms with Crippen molar-refractivity contribution < 1.29 is 37.6 Å². The summed E-state index contributed by atoms with van der Waals surface area (Å²) in [4.78, 5) is 35.1. The van der Waals surface area contributed by atoms with Gasteiger partial charge in [0, 0.05) is 19.4 Å². The summed E-state index contributed by atoms with van der Waals surface area (Å²) in [5.41, 5.74) is 5.38. The van der Waals surface area contributed by atoms with Crippen LogP contribution in [0, 0.1) is 0 Å². The van der Waals surface area contributed by atoms with E-state index < -0.39 is 26.5 Å². The van der Waals surface area contributed by atoms with Crippen LogP contribution >= 0.6 is 7.82 Å². The molecule has 0 heterocycles. The highest BCUT2D eigenvalue weighted by Crippen LogP contribution is 2.43. The fourth-order valence-corrected chi connectivity index (χ4v) is 10.1. The minimum atomic E-state index is -4.38. The van der Waals surface area contributed by atoms with Crippen molar-refractivity contribution in [1.29, 1.82) is 0 Å². The van der Waals surface area contributed by atoms with E-state index in [-0.39, 0.29) is 38.6 Å². The van der Waals surface area contributed by atoms with Crippen molar-refractivity contribution in [1.82, 2.24) is 0 Å². The van der Waals surface area contributed by atoms with E-state index in [0.29, 0.717) is 6.42 Å². The second kappa shape index (κ2) is 60.2. The Bertz CT molecular complexity index is 1350. The van der Waals surface area contributed by atoms with Crippen molar-refractivity contribution in [2.45, 2.75) is 322 Å². The number of hydrogen-bond acceptors (Lipinski definition) is 8. The van der Waals surface area contributed by atoms with Crippen LogP contribution in [0.2, 0.25) is 0 Å². The number of unbranched alkanes of at least 4 members (excludes halogenated alkanes) is 39. The molecule has 0 saturated heterocycles. The van der Waals surface area contributed by atoms with Gasteiger partial charge in [0.25, 0.3) is 0 Å². The van der Waals surface area contributed by atoms with Gasteiger partial charge in [-0.05, 0) is 51.4 Å². The molecule has 3 N–H and O–H groups in total. The Morgan fingerprint density at radius 2 is 0.743 bits per heavy atom. The van der Waals surface area contributed by atoms with Crippen molar-refractivity contribution in [2.24, 2.45) is 5.73 Å². The normalized spacial score (nSPS) is 13.3. The van der Waals surface area contributed by atoms with Gasteiger partial charge in [-0.3, -0.25) is 18.6 Å². The van der Waals surface area contributed by atoms with Crippen LogP contribution in [0.15, 0.2) is 48.6 Å². The molecule has 9 nitrogen and oxygen atoms in total. The molecule has 0 aromatic heterocycles. The van der Waals surface area contributed by atoms with E-state index in [0.717, 1.165) is 57.8 Å². The Balaban J connectivity index is 3.69. The highest BCUT2D eigenvalue weighted by molar-refractivity contribution is 7.47. The molecule has 2 atom stereocenters. The van der Waals surface area contributed by atoms with Crippen molar-refractivity contribution in [2.75, 3.05) is 26.4 Å². The van der Waals surface area contributed by atoms with Crippen LogP contribution in [0.5, 0.6) is 0 Å². The lowest BCUT2D eigenvalue weighted by atomic mass is 10.0. The van der Waals surface area contributed by atoms with Crippen molar-refractivity contribution >= 4 is 19.8 Å². The van der Waals surface area contributed by atoms with Crippen LogP contribution in [-0.4, -0.2) is 49.3 Å². The number of esters is 2. The molecule has 0 aliphatic rings. The standard InChI is InChI=1S/C64H120NO8P/c1-3-5-7-9-11-13-15-17-18-19-20-21-22-23-24-25-26-27-28-29-30-31-32-33-34-35-36-37-38-39-40-41-42-43-44-45-47-49-51-53-55-57-64(67)73-62(61-72-74(68,69)71-59-58-65)60-70-63(66)56-54-52-50-48-46-16-14-12-10-8-6-4-2/h5,7,11,13,17-18,20-21,62H,3-4,6,8-10,12,14-16,19,22-61,65H2,1-2H3,(H,68,69)/b7-5-,13-11-,18-17-,21-20-. The average molecular weight is 1060 g/mol. The maximum absolute atomic E-state index is 12.7. The van der Waals surface area contributed by atoms with Gasteiger partial charge in [0.15, 0.2) is 6.10 Å². The summed E-state index contributed by atoms with van der Waals surface area (Å²) in [7, 11) is -4.38. The highest BCUT2D eigenvalue weighted by Gasteiger charge is 2.26. The predicted octanol–water partition coefficient (Wildman–Crippen LogP) is 20.1. The minimum absolute atomic E-state index is 0.0564. The number of phosphoric ester groups is 1. The van der Waals surface area contributed by atoms with Gasteiger partial charge in [0.1, 0.15) is 6.61 Å². The molecule has 0 aliphatic carbocycles. The largest absolute Gasteiger partial charge is 0.472 e. The Kier molecular flexibility index (Phi) is 58.6. The van der Waals surface area contributed by atoms with Crippen LogP contribution in [0.1, 0.15) is 316 Å². The van der Waals surface area contributed by atoms with Crippen LogP contribution in [-0.2, 0) is 32.7 Å². The molecular formula is C64H120NO8P. The zero-order valence-corrected chi connectivity index (χ0v) is 49.5. The third-order valence-electron chi connectivity index (χ3n) is 14.0. The summed E-state index contributed by atoms with van der Waals surface area (Å²) in [5.74, 6) is -0.811. The number of carbonyl (C=O) groups excluding carboxylic acids is 2. The first-order valence-corrected chi connectivity index (χ1v) is 33.1. The van der Waals surface area contributed by atoms with Gasteiger partial charge < -0.3 is 20.1 Å². The van der Waals surface area contributed by atoms with Crippen LogP contribution < -0.4 is 5.73 Å². The maximum Gasteiger partial charge on any atom is 0.472 e. The Labute approximate surface area is 457 Å². The molecule has 0 amide bonds. The van der Waals surface area contributed by atoms with E-state index in [1.165, 1.54) is 225 Å². The topological polar surface area (TPSA) is 134 Å². The molecule has 434 valence electrons. The molecule has 0 bridgehead atoms. The number of carbonyl (C=O) groups is 2. The minimum Gasteiger partial charge on any atom is -0.462 e. The summed E-state index contributed by atoms with van der Waals surface area (Å²) in [6, 6.07) is 0. The average Bonchev–Trinajstić information content (AvgIpc) is 3.39. The molecule has 0 spiro atoms. The fourth-order valence-electron chi connectivity index (χ4n) is 9.34. The molecule has 0 fully saturated rings. The number of allylic oxidation sites excluding steroid dienone is 8. The number of ether oxygens (including phenoxy) is 2. The summed E-state index contributed by atoms with van der Waals surface area (Å²) in [6.07, 6.45) is 75.1. The fraction of sp³-hybridized carbons (Fsp3) is 0.844. The van der Waals surface area contributed by atoms with Crippen molar-refractivity contribution in [3.63, 3.8) is 0 Å². The van der Waals surface area contributed by atoms with Gasteiger partial charge in [-0.2, -0.15) is 0 Å². The molecule has 0 aromatic rings. The number of rotatable bonds is 60. The molecule has 0 radical (unpaired) electrons. The summed E-state index contributed by atoms with van der Waals surface area (Å²) >= 11 is 0. The molecular weight excluding hydrogens is 942 g/mol. The van der Waals surface area contributed by atoms with Gasteiger partial charge >= 0.3 is 19.8 Å². The third-order valence-corrected chi connectivity index (χ3v) is 15.0. The van der Waals surface area contributed by atoms with Gasteiger partial charge in [-0.25, -0.2) is 4.57 Å².